The highest BCUT2D eigenvalue weighted by Crippen LogP contribution is 2.48. The van der Waals surface area contributed by atoms with Crippen molar-refractivity contribution in [2.45, 2.75) is 54.3 Å². The Morgan fingerprint density at radius 2 is 1.84 bits per heavy atom. The van der Waals surface area contributed by atoms with Crippen LogP contribution in [0.25, 0.3) is 0 Å². The van der Waals surface area contributed by atoms with Crippen LogP contribution in [-0.4, -0.2) is 68.5 Å². The number of benzene rings is 1. The third-order valence-corrected chi connectivity index (χ3v) is 8.50. The van der Waals surface area contributed by atoms with Gasteiger partial charge in [-0.2, -0.15) is 0 Å². The molecule has 2 saturated heterocycles. The van der Waals surface area contributed by atoms with Crippen LogP contribution in [0.2, 0.25) is 0 Å². The quantitative estimate of drug-likeness (QED) is 0.207. The number of ether oxygens (including phenoxy) is 2. The molecule has 2 aliphatic rings. The van der Waals surface area contributed by atoms with Crippen LogP contribution in [0.4, 0.5) is 10.5 Å². The van der Waals surface area contributed by atoms with Crippen LogP contribution in [0.5, 0.6) is 0 Å². The highest BCUT2D eigenvalue weighted by molar-refractivity contribution is 8.00. The molecule has 37 heavy (non-hydrogen) atoms. The summed E-state index contributed by atoms with van der Waals surface area (Å²) in [6.45, 7) is 6.12. The fourth-order valence-electron chi connectivity index (χ4n) is 3.86. The normalized spacial score (nSPS) is 25.6. The minimum atomic E-state index is -1.79. The summed E-state index contributed by atoms with van der Waals surface area (Å²) in [7, 11) is 0. The number of halogens is 3. The highest BCUT2D eigenvalue weighted by Gasteiger charge is 2.61. The van der Waals surface area contributed by atoms with E-state index in [1.165, 1.54) is 9.80 Å². The number of amides is 2. The van der Waals surface area contributed by atoms with E-state index in [1.807, 2.05) is 6.92 Å². The Balaban J connectivity index is 1.73. The Labute approximate surface area is 235 Å². The van der Waals surface area contributed by atoms with Crippen LogP contribution in [0.3, 0.4) is 0 Å². The van der Waals surface area contributed by atoms with E-state index in [4.69, 9.17) is 50.0 Å². The van der Waals surface area contributed by atoms with E-state index in [1.54, 1.807) is 51.1 Å². The molecule has 4 atom stereocenters. The average Bonchev–Trinajstić information content (AvgIpc) is 2.82. The molecule has 0 aliphatic carbocycles. The molecule has 204 valence electrons. The van der Waals surface area contributed by atoms with E-state index in [9.17, 15) is 19.2 Å². The summed E-state index contributed by atoms with van der Waals surface area (Å²) in [5, 5.41) is -1.37. The maximum atomic E-state index is 13.3. The van der Waals surface area contributed by atoms with Crippen molar-refractivity contribution in [3.63, 3.8) is 0 Å². The van der Waals surface area contributed by atoms with Gasteiger partial charge in [0.1, 0.15) is 23.5 Å². The largest absolute Gasteiger partial charge is 0.461 e. The number of nitrogens with zero attached hydrogens (tertiary/aromatic N) is 2. The number of hydrogen-bond donors (Lipinski definition) is 1. The van der Waals surface area contributed by atoms with Crippen molar-refractivity contribution in [2.75, 3.05) is 24.6 Å². The molecule has 2 fully saturated rings. The molecule has 0 spiro atoms. The monoisotopic (exact) mass is 593 g/mol. The summed E-state index contributed by atoms with van der Waals surface area (Å²) in [6, 6.07) is 8.62. The van der Waals surface area contributed by atoms with E-state index >= 15 is 0 Å². The number of hydrogen-bond acceptors (Lipinski definition) is 8. The van der Waals surface area contributed by atoms with Gasteiger partial charge in [0.05, 0.1) is 17.3 Å². The van der Waals surface area contributed by atoms with Gasteiger partial charge in [0.15, 0.2) is 5.78 Å². The second-order valence-corrected chi connectivity index (χ2v) is 13.6. The number of carbonyl (C=O) groups is 4. The van der Waals surface area contributed by atoms with Crippen LogP contribution in [-0.2, 0) is 23.9 Å². The number of carbonyl (C=O) groups excluding carboxylic acids is 4. The summed E-state index contributed by atoms with van der Waals surface area (Å²) in [5.41, 5.74) is 4.76. The minimum absolute atomic E-state index is 0.0533. The Bertz CT molecular complexity index is 1050. The van der Waals surface area contributed by atoms with Gasteiger partial charge in [-0.05, 0) is 39.3 Å². The fraction of sp³-hybridized carbons (Fsp3) is 0.583. The number of fused-ring (bicyclic) bond motifs is 1. The lowest BCUT2D eigenvalue weighted by Gasteiger charge is -2.55. The Morgan fingerprint density at radius 1 is 1.22 bits per heavy atom. The zero-order chi connectivity index (χ0) is 27.8. The van der Waals surface area contributed by atoms with Crippen molar-refractivity contribution >= 4 is 76.0 Å². The molecule has 2 heterocycles. The predicted molar refractivity (Wildman–Crippen MR) is 144 cm³/mol. The third-order valence-electron chi connectivity index (χ3n) is 6.55. The second kappa shape index (κ2) is 11.2. The van der Waals surface area contributed by atoms with Gasteiger partial charge in [-0.3, -0.25) is 19.3 Å². The van der Waals surface area contributed by atoms with Crippen LogP contribution < -0.4 is 10.6 Å². The van der Waals surface area contributed by atoms with Crippen molar-refractivity contribution in [2.24, 2.45) is 17.1 Å². The van der Waals surface area contributed by atoms with E-state index in [0.717, 1.165) is 11.8 Å². The van der Waals surface area contributed by atoms with Gasteiger partial charge < -0.3 is 20.1 Å². The molecule has 3 rings (SSSR count). The summed E-state index contributed by atoms with van der Waals surface area (Å²) >= 11 is 18.1. The number of anilines is 1. The van der Waals surface area contributed by atoms with E-state index in [-0.39, 0.29) is 13.1 Å². The summed E-state index contributed by atoms with van der Waals surface area (Å²) < 4.78 is 8.95. The molecule has 0 aromatic heterocycles. The summed E-state index contributed by atoms with van der Waals surface area (Å²) in [5.74, 6) is -2.64. The topological polar surface area (TPSA) is 119 Å². The molecule has 9 nitrogen and oxygen atoms in total. The van der Waals surface area contributed by atoms with E-state index in [2.05, 4.69) is 0 Å². The van der Waals surface area contributed by atoms with Gasteiger partial charge in [-0.15, -0.1) is 11.8 Å². The van der Waals surface area contributed by atoms with Crippen LogP contribution in [0.15, 0.2) is 30.3 Å². The smallest absolute Gasteiger partial charge is 0.415 e. The standard InChI is InChI=1S/C24H30Cl3N3O6S/c1-5-22(2,3)36-21(34)29(14-9-7-6-8-10-14)11-15(31)16-17(32)30-12-23(4,19(28)37-18(16)30)20(33)35-13-24(25,26)27/h6-10,16,18-19H,5,11-13,28H2,1-4H3/t16?,18-,19?,23?/m1/s1. The van der Waals surface area contributed by atoms with Crippen LogP contribution in [0.1, 0.15) is 34.1 Å². The van der Waals surface area contributed by atoms with E-state index < -0.39 is 61.8 Å². The summed E-state index contributed by atoms with van der Waals surface area (Å²) in [4.78, 5) is 54.8. The number of esters is 1. The molecule has 0 bridgehead atoms. The Hall–Kier alpha value is -1.72. The first-order valence-electron chi connectivity index (χ1n) is 11.6. The molecule has 2 amide bonds. The second-order valence-electron chi connectivity index (χ2n) is 9.87. The molecule has 2 N–H and O–H groups in total. The number of ketones is 1. The molecular weight excluding hydrogens is 565 g/mol. The number of nitrogens with two attached hydrogens (primary N) is 1. The fourth-order valence-corrected chi connectivity index (χ4v) is 5.55. The zero-order valence-corrected chi connectivity index (χ0v) is 24.0. The summed E-state index contributed by atoms with van der Waals surface area (Å²) in [6.07, 6.45) is -0.113. The number of Topliss-reactive ketones (excluding diaryl/α,β-unsaturated/α-hetero) is 1. The molecule has 1 aromatic carbocycles. The first-order chi connectivity index (χ1) is 17.1. The SMILES string of the molecule is CCC(C)(C)OC(=O)N(CC(=O)C1C(=O)N2CC(C)(C(=O)OCC(Cl)(Cl)Cl)C(N)S[C@H]12)c1ccccc1. The van der Waals surface area contributed by atoms with Crippen molar-refractivity contribution in [1.29, 1.82) is 0 Å². The molecule has 0 radical (unpaired) electrons. The van der Waals surface area contributed by atoms with E-state index in [0.29, 0.717) is 12.1 Å². The molecule has 1 aromatic rings. The Kier molecular flexibility index (Phi) is 9.01. The van der Waals surface area contributed by atoms with Gasteiger partial charge in [0.25, 0.3) is 0 Å². The lowest BCUT2D eigenvalue weighted by atomic mass is 9.84. The van der Waals surface area contributed by atoms with Crippen molar-refractivity contribution in [1.82, 2.24) is 4.90 Å². The lowest BCUT2D eigenvalue weighted by molar-refractivity contribution is -0.166. The Morgan fingerprint density at radius 3 is 2.41 bits per heavy atom. The molecule has 0 saturated carbocycles. The number of para-hydroxylation sites is 1. The molecule has 3 unspecified atom stereocenters. The number of thioether (sulfide) groups is 1. The van der Waals surface area contributed by atoms with Gasteiger partial charge >= 0.3 is 12.1 Å². The predicted octanol–water partition coefficient (Wildman–Crippen LogP) is 4.12. The first kappa shape index (κ1) is 29.8. The van der Waals surface area contributed by atoms with Gasteiger partial charge in [-0.1, -0.05) is 59.9 Å². The molecule has 2 aliphatic heterocycles. The minimum Gasteiger partial charge on any atom is -0.461 e. The third kappa shape index (κ3) is 6.65. The van der Waals surface area contributed by atoms with Crippen molar-refractivity contribution < 1.29 is 28.7 Å². The lowest BCUT2D eigenvalue weighted by Crippen LogP contribution is -2.71. The molecular formula is C24H30Cl3N3O6S. The number of rotatable bonds is 8. The van der Waals surface area contributed by atoms with Crippen LogP contribution >= 0.6 is 46.6 Å². The van der Waals surface area contributed by atoms with Gasteiger partial charge in [0, 0.05) is 12.2 Å². The van der Waals surface area contributed by atoms with Crippen molar-refractivity contribution in [3.8, 4) is 0 Å². The first-order valence-corrected chi connectivity index (χ1v) is 13.7. The maximum Gasteiger partial charge on any atom is 0.415 e. The average molecular weight is 595 g/mol. The van der Waals surface area contributed by atoms with Crippen LogP contribution in [0, 0.1) is 11.3 Å². The molecule has 13 heteroatoms. The number of alkyl halides is 3. The highest BCUT2D eigenvalue weighted by atomic mass is 35.6. The zero-order valence-electron chi connectivity index (χ0n) is 20.9. The maximum absolute atomic E-state index is 13.3. The van der Waals surface area contributed by atoms with Gasteiger partial charge in [-0.25, -0.2) is 4.79 Å². The number of β-lactam (4-membered cyclic amide) rings is 1. The van der Waals surface area contributed by atoms with Crippen molar-refractivity contribution in [3.05, 3.63) is 30.3 Å². The van der Waals surface area contributed by atoms with Gasteiger partial charge in [0.2, 0.25) is 9.70 Å².